The number of nitrogen functional groups attached to an aromatic ring is 1. The van der Waals surface area contributed by atoms with Gasteiger partial charge in [-0.2, -0.15) is 0 Å². The first-order chi connectivity index (χ1) is 24.6. The maximum absolute atomic E-state index is 12.5. The molecule has 7 atom stereocenters. The Balaban J connectivity index is 0. The van der Waals surface area contributed by atoms with E-state index >= 15 is 0 Å². The summed E-state index contributed by atoms with van der Waals surface area (Å²) in [7, 11) is -17.6. The number of ether oxygens (including phenoxy) is 1. The van der Waals surface area contributed by atoms with Gasteiger partial charge in [0.2, 0.25) is 16.9 Å². The van der Waals surface area contributed by atoms with Gasteiger partial charge in [-0.3, -0.25) is 28.1 Å². The fourth-order valence-corrected chi connectivity index (χ4v) is 7.82. The Hall–Kier alpha value is -0.310. The summed E-state index contributed by atoms with van der Waals surface area (Å²) in [4.78, 5) is 95.1. The van der Waals surface area contributed by atoms with Crippen LogP contribution in [0.5, 0.6) is 0 Å². The van der Waals surface area contributed by atoms with Gasteiger partial charge in [0.05, 0.1) is 27.4 Å². The van der Waals surface area contributed by atoms with Crippen LogP contribution in [0, 0.1) is 5.41 Å². The Bertz CT molecular complexity index is 1810. The first-order valence-corrected chi connectivity index (χ1v) is 20.5. The molecule has 57 heavy (non-hydrogen) atoms. The van der Waals surface area contributed by atoms with Gasteiger partial charge in [-0.05, 0) is 13.0 Å². The minimum Gasteiger partial charge on any atom is -0.790 e. The van der Waals surface area contributed by atoms with Crippen LogP contribution in [0.1, 0.15) is 33.4 Å². The molecule has 2 aromatic rings. The minimum atomic E-state index is -5.91. The molecule has 1 saturated heterocycles. The van der Waals surface area contributed by atoms with Crippen molar-refractivity contribution in [2.75, 3.05) is 37.8 Å². The number of aliphatic hydroxyl groups excluding tert-OH is 2. The summed E-state index contributed by atoms with van der Waals surface area (Å²) in [6.07, 6.45) is -4.63. The number of carbonyl (C=O) groups is 3. The van der Waals surface area contributed by atoms with Gasteiger partial charge in [0.15, 0.2) is 17.7 Å². The molecule has 0 aromatic carbocycles. The fraction of sp³-hybridized carbons (Fsp3) is 0.600. The number of nitrogens with two attached hydrogens (primary N) is 1. The predicted molar refractivity (Wildman–Crippen MR) is 173 cm³/mol. The maximum atomic E-state index is 12.5. The third-order valence-corrected chi connectivity index (χ3v) is 10.9. The number of allylic oxidation sites excluding steroid dienone is 1. The second kappa shape index (κ2) is 25.6. The number of thioether (sulfide) groups is 1. The summed E-state index contributed by atoms with van der Waals surface area (Å²) < 4.78 is 60.3. The van der Waals surface area contributed by atoms with Gasteiger partial charge in [-0.1, -0.05) is 31.7 Å². The number of amides is 2. The van der Waals surface area contributed by atoms with Crippen LogP contribution in [0.2, 0.25) is 0 Å². The zero-order valence-electron chi connectivity index (χ0n) is 32.1. The standard InChI is InChI=1S/C25H40N7O17P3S.4Li/c1-4-5-16(34)53-9-8-27-15(33)6-7-28-23(37)20(36)25(2,3)11-46-52(43,44)49-51(41,42)45-10-14-19(48-50(38,39)40)18(35)24(47-14)32-13-31-17-21(26)29-12-30-22(17)32;;;;/h4-5,12-14,18-20,24,35-36H,6-11H2,1-3H3,(H,27,33)(H,28,37)(H,41,42)(H,43,44)(H2,26,29,30)(H2,38,39,40);;;;/q;4*+1/p-4/b5-4+;;;;. The number of nitrogens with zero attached hydrogens (tertiary/aromatic N) is 4. The number of imidazole rings is 1. The summed E-state index contributed by atoms with van der Waals surface area (Å²) in [5, 5.41) is 25.9. The number of anilines is 1. The van der Waals surface area contributed by atoms with Crippen LogP contribution in [0.25, 0.3) is 11.2 Å². The topological polar surface area (TPSA) is 375 Å². The van der Waals surface area contributed by atoms with Crippen LogP contribution in [-0.2, 0) is 50.7 Å². The van der Waals surface area contributed by atoms with Crippen molar-refractivity contribution in [3.63, 3.8) is 0 Å². The molecule has 2 amide bonds. The number of fused-ring (bicyclic) bond motifs is 1. The van der Waals surface area contributed by atoms with Gasteiger partial charge >= 0.3 is 75.4 Å². The Morgan fingerprint density at radius 3 is 2.30 bits per heavy atom. The Morgan fingerprint density at radius 1 is 1.05 bits per heavy atom. The number of phosphoric acid groups is 3. The first kappa shape index (κ1) is 58.8. The van der Waals surface area contributed by atoms with E-state index in [1.165, 1.54) is 19.9 Å². The van der Waals surface area contributed by atoms with Crippen molar-refractivity contribution in [3.05, 3.63) is 24.8 Å². The van der Waals surface area contributed by atoms with Crippen molar-refractivity contribution in [1.82, 2.24) is 30.2 Å². The van der Waals surface area contributed by atoms with Crippen molar-refractivity contribution >= 4 is 69.1 Å². The van der Waals surface area contributed by atoms with E-state index in [9.17, 15) is 57.9 Å². The van der Waals surface area contributed by atoms with E-state index in [0.29, 0.717) is 5.75 Å². The van der Waals surface area contributed by atoms with E-state index < -0.39 is 84.6 Å². The van der Waals surface area contributed by atoms with E-state index in [1.807, 2.05) is 0 Å². The van der Waals surface area contributed by atoms with E-state index in [4.69, 9.17) is 10.5 Å². The third kappa shape index (κ3) is 18.7. The number of aliphatic hydroxyl groups is 2. The summed E-state index contributed by atoms with van der Waals surface area (Å²) in [5.74, 6) is -1.24. The third-order valence-electron chi connectivity index (χ3n) is 7.02. The second-order valence-corrected chi connectivity index (χ2v) is 16.8. The number of phosphoric ester groups is 3. The molecule has 0 radical (unpaired) electrons. The van der Waals surface area contributed by atoms with Crippen molar-refractivity contribution in [3.8, 4) is 0 Å². The Morgan fingerprint density at radius 2 is 1.68 bits per heavy atom. The van der Waals surface area contributed by atoms with E-state index in [-0.39, 0.29) is 117 Å². The number of hydrogen-bond acceptors (Lipinski definition) is 22. The van der Waals surface area contributed by atoms with Crippen molar-refractivity contribution in [1.29, 1.82) is 0 Å². The summed E-state index contributed by atoms with van der Waals surface area (Å²) in [6, 6.07) is 0. The number of nitrogens with one attached hydrogen (secondary N) is 2. The van der Waals surface area contributed by atoms with Crippen LogP contribution >= 0.6 is 35.2 Å². The molecule has 3 rings (SSSR count). The molecule has 2 aromatic heterocycles. The van der Waals surface area contributed by atoms with Crippen LogP contribution in [-0.4, -0.2) is 103 Å². The van der Waals surface area contributed by atoms with Crippen LogP contribution in [0.3, 0.4) is 0 Å². The van der Waals surface area contributed by atoms with Crippen molar-refractivity contribution in [2.45, 2.75) is 57.8 Å². The molecule has 32 heteroatoms. The summed E-state index contributed by atoms with van der Waals surface area (Å²) >= 11 is 0.996. The molecule has 24 nitrogen and oxygen atoms in total. The van der Waals surface area contributed by atoms with Crippen LogP contribution in [0.15, 0.2) is 24.8 Å². The second-order valence-electron chi connectivity index (χ2n) is 11.7. The smallest absolute Gasteiger partial charge is 0.790 e. The zero-order chi connectivity index (χ0) is 39.8. The van der Waals surface area contributed by atoms with E-state index in [2.05, 4.69) is 43.5 Å². The average molecular weight is 859 g/mol. The molecule has 1 fully saturated rings. The number of carbonyl (C=O) groups excluding carboxylic acids is 3. The fourth-order valence-electron chi connectivity index (χ4n) is 4.44. The quantitative estimate of drug-likeness (QED) is 0.0357. The molecule has 0 aliphatic carbocycles. The molecule has 0 saturated carbocycles. The SMILES string of the molecule is C/C=C/C(=O)SCCNC(=O)CCNC(=O)C(O)C(C)(C)COP(=O)([O-])OP(=O)([O-])OCC1OC(n2cnc3c(N)ncnc32)C(O)C1OP(=O)([O-])[O-].[Li+].[Li+].[Li+].[Li+]. The van der Waals surface area contributed by atoms with Gasteiger partial charge in [-0.15, -0.1) is 0 Å². The van der Waals surface area contributed by atoms with E-state index in [1.54, 1.807) is 13.0 Å². The van der Waals surface area contributed by atoms with Crippen LogP contribution < -0.4 is 111 Å². The number of hydrogen-bond donors (Lipinski definition) is 5. The predicted octanol–water partition coefficient (Wildman–Crippen LogP) is -15.3. The van der Waals surface area contributed by atoms with Gasteiger partial charge in [0.1, 0.15) is 36.3 Å². The Kier molecular flexibility index (Phi) is 26.4. The summed E-state index contributed by atoms with van der Waals surface area (Å²) in [5.41, 5.74) is 4.06. The monoisotopic (exact) mass is 859 g/mol. The normalized spacial score (nSPS) is 20.8. The van der Waals surface area contributed by atoms with Gasteiger partial charge in [-0.25, -0.2) is 19.3 Å². The molecular weight excluding hydrogens is 823 g/mol. The largest absolute Gasteiger partial charge is 1.00 e. The molecule has 3 heterocycles. The van der Waals surface area contributed by atoms with Crippen molar-refractivity contribution < 1.29 is 156 Å². The van der Waals surface area contributed by atoms with Gasteiger partial charge < -0.3 is 69.0 Å². The molecular formula is C25H36Li4N7O17P3S. The molecule has 1 aliphatic heterocycles. The first-order valence-electron chi connectivity index (χ1n) is 15.2. The number of rotatable bonds is 20. The summed E-state index contributed by atoms with van der Waals surface area (Å²) in [6.45, 7) is 1.76. The molecule has 7 unspecified atom stereocenters. The molecule has 1 aliphatic rings. The maximum Gasteiger partial charge on any atom is 1.00 e. The molecule has 0 spiro atoms. The minimum absolute atomic E-state index is 0. The van der Waals surface area contributed by atoms with Crippen molar-refractivity contribution in [2.24, 2.45) is 5.41 Å². The van der Waals surface area contributed by atoms with Gasteiger partial charge in [0.25, 0.3) is 15.6 Å². The molecule has 0 bridgehead atoms. The van der Waals surface area contributed by atoms with Gasteiger partial charge in [0, 0.05) is 30.7 Å². The number of aromatic nitrogens is 4. The zero-order valence-corrected chi connectivity index (χ0v) is 35.6. The van der Waals surface area contributed by atoms with Crippen LogP contribution in [0.4, 0.5) is 5.82 Å². The van der Waals surface area contributed by atoms with E-state index in [0.717, 1.165) is 29.0 Å². The molecule has 6 N–H and O–H groups in total. The Labute approximate surface area is 378 Å². The molecule has 298 valence electrons. The average Bonchev–Trinajstić information content (AvgIpc) is 3.61.